The summed E-state index contributed by atoms with van der Waals surface area (Å²) in [5.74, 6) is 0. The lowest BCUT2D eigenvalue weighted by Gasteiger charge is -2.21. The molecular weight excluding hydrogens is 232 g/mol. The van der Waals surface area contributed by atoms with E-state index >= 15 is 0 Å². The molecule has 0 bridgehead atoms. The van der Waals surface area contributed by atoms with Gasteiger partial charge in [0.2, 0.25) is 0 Å². The highest BCUT2D eigenvalue weighted by Crippen LogP contribution is 2.29. The van der Waals surface area contributed by atoms with Gasteiger partial charge in [-0.25, -0.2) is 4.98 Å². The molecule has 1 fully saturated rings. The van der Waals surface area contributed by atoms with Crippen molar-refractivity contribution in [1.82, 2.24) is 9.88 Å². The zero-order valence-corrected chi connectivity index (χ0v) is 12.0. The molecule has 2 rings (SSSR count). The number of aliphatic hydroxyl groups is 1. The number of likely N-dealkylation sites (tertiary alicyclic amines) is 1. The first-order valence-electron chi connectivity index (χ1n) is 6.14. The average Bonchev–Trinajstić information content (AvgIpc) is 2.73. The smallest absolute Gasteiger partial charge is 0.0957 e. The van der Waals surface area contributed by atoms with Crippen molar-refractivity contribution in [3.8, 4) is 0 Å². The number of rotatable bonds is 2. The van der Waals surface area contributed by atoms with Crippen molar-refractivity contribution in [3.05, 3.63) is 16.1 Å². The second kappa shape index (κ2) is 4.34. The van der Waals surface area contributed by atoms with Crippen LogP contribution in [0.25, 0.3) is 0 Å². The molecule has 1 atom stereocenters. The Morgan fingerprint density at radius 1 is 1.53 bits per heavy atom. The van der Waals surface area contributed by atoms with Gasteiger partial charge in [0, 0.05) is 30.3 Å². The van der Waals surface area contributed by atoms with Crippen LogP contribution in [0.2, 0.25) is 0 Å². The molecule has 0 saturated carbocycles. The third-order valence-corrected chi connectivity index (χ3v) is 4.17. The van der Waals surface area contributed by atoms with Crippen LogP contribution in [0.3, 0.4) is 0 Å². The van der Waals surface area contributed by atoms with Gasteiger partial charge < -0.3 is 10.0 Å². The van der Waals surface area contributed by atoms with Gasteiger partial charge in [0.25, 0.3) is 0 Å². The topological polar surface area (TPSA) is 36.4 Å². The Labute approximate surface area is 107 Å². The molecular formula is C13H22N2OS. The minimum atomic E-state index is -0.568. The van der Waals surface area contributed by atoms with E-state index in [1.54, 1.807) is 11.3 Å². The molecule has 17 heavy (non-hydrogen) atoms. The Morgan fingerprint density at radius 2 is 2.24 bits per heavy atom. The summed E-state index contributed by atoms with van der Waals surface area (Å²) in [6.45, 7) is 8.25. The van der Waals surface area contributed by atoms with Gasteiger partial charge in [-0.05, 0) is 13.5 Å². The van der Waals surface area contributed by atoms with Crippen molar-refractivity contribution in [1.29, 1.82) is 0 Å². The van der Waals surface area contributed by atoms with Gasteiger partial charge in [-0.2, -0.15) is 0 Å². The van der Waals surface area contributed by atoms with E-state index < -0.39 is 5.60 Å². The zero-order valence-electron chi connectivity index (χ0n) is 11.2. The number of likely N-dealkylation sites (N-methyl/N-ethyl adjacent to an activating group) is 1. The second-order valence-electron chi connectivity index (χ2n) is 6.27. The summed E-state index contributed by atoms with van der Waals surface area (Å²) in [7, 11) is 2.06. The summed E-state index contributed by atoms with van der Waals surface area (Å²) >= 11 is 1.67. The van der Waals surface area contributed by atoms with E-state index in [9.17, 15) is 5.11 Å². The van der Waals surface area contributed by atoms with Crippen LogP contribution >= 0.6 is 11.3 Å². The molecule has 0 amide bonds. The van der Waals surface area contributed by atoms with Gasteiger partial charge in [-0.1, -0.05) is 20.8 Å². The van der Waals surface area contributed by atoms with Crippen LogP contribution in [0.4, 0.5) is 0 Å². The van der Waals surface area contributed by atoms with Crippen molar-refractivity contribution in [2.24, 2.45) is 0 Å². The van der Waals surface area contributed by atoms with E-state index in [4.69, 9.17) is 0 Å². The van der Waals surface area contributed by atoms with Crippen LogP contribution < -0.4 is 0 Å². The summed E-state index contributed by atoms with van der Waals surface area (Å²) < 4.78 is 0. The Balaban J connectivity index is 2.07. The van der Waals surface area contributed by atoms with Crippen molar-refractivity contribution in [2.45, 2.75) is 44.6 Å². The minimum absolute atomic E-state index is 0.101. The second-order valence-corrected chi connectivity index (χ2v) is 7.21. The molecule has 1 aromatic heterocycles. The average molecular weight is 254 g/mol. The van der Waals surface area contributed by atoms with E-state index in [0.29, 0.717) is 6.42 Å². The Bertz CT molecular complexity index is 396. The highest BCUT2D eigenvalue weighted by atomic mass is 32.1. The summed E-state index contributed by atoms with van der Waals surface area (Å²) in [6.07, 6.45) is 1.55. The van der Waals surface area contributed by atoms with Gasteiger partial charge in [0.15, 0.2) is 0 Å². The Morgan fingerprint density at radius 3 is 2.71 bits per heavy atom. The van der Waals surface area contributed by atoms with E-state index in [1.807, 2.05) is 0 Å². The molecule has 0 aromatic carbocycles. The highest BCUT2D eigenvalue weighted by Gasteiger charge is 2.35. The summed E-state index contributed by atoms with van der Waals surface area (Å²) in [5, 5.41) is 13.6. The summed E-state index contributed by atoms with van der Waals surface area (Å²) in [4.78, 5) is 6.83. The van der Waals surface area contributed by atoms with Gasteiger partial charge in [-0.3, -0.25) is 0 Å². The third-order valence-electron chi connectivity index (χ3n) is 3.32. The number of β-amino-alcohol motifs (C(OH)–C–C–N with tert-alkyl or cyclic N) is 1. The highest BCUT2D eigenvalue weighted by molar-refractivity contribution is 7.09. The van der Waals surface area contributed by atoms with Crippen LogP contribution in [0.1, 0.15) is 37.9 Å². The molecule has 1 aliphatic heterocycles. The van der Waals surface area contributed by atoms with E-state index in [0.717, 1.165) is 30.2 Å². The fourth-order valence-corrected chi connectivity index (χ4v) is 3.38. The fourth-order valence-electron chi connectivity index (χ4n) is 2.22. The van der Waals surface area contributed by atoms with Crippen LogP contribution in [-0.4, -0.2) is 40.7 Å². The van der Waals surface area contributed by atoms with Crippen LogP contribution in [-0.2, 0) is 11.8 Å². The van der Waals surface area contributed by atoms with Crippen molar-refractivity contribution >= 4 is 11.3 Å². The fraction of sp³-hybridized carbons (Fsp3) is 0.769. The third kappa shape index (κ3) is 3.06. The number of hydrogen-bond donors (Lipinski definition) is 1. The molecule has 1 unspecified atom stereocenters. The largest absolute Gasteiger partial charge is 0.388 e. The van der Waals surface area contributed by atoms with Crippen LogP contribution in [0, 0.1) is 0 Å². The van der Waals surface area contributed by atoms with Gasteiger partial charge in [0.1, 0.15) is 0 Å². The maximum Gasteiger partial charge on any atom is 0.0957 e. The van der Waals surface area contributed by atoms with E-state index in [1.165, 1.54) is 0 Å². The minimum Gasteiger partial charge on any atom is -0.388 e. The maximum absolute atomic E-state index is 10.5. The quantitative estimate of drug-likeness (QED) is 0.877. The lowest BCUT2D eigenvalue weighted by molar-refractivity contribution is 0.0522. The normalized spacial score (nSPS) is 26.6. The Kier molecular flexibility index (Phi) is 3.31. The van der Waals surface area contributed by atoms with Crippen molar-refractivity contribution < 1.29 is 5.11 Å². The van der Waals surface area contributed by atoms with E-state index in [2.05, 4.69) is 43.1 Å². The molecule has 0 aliphatic carbocycles. The van der Waals surface area contributed by atoms with Gasteiger partial charge >= 0.3 is 0 Å². The van der Waals surface area contributed by atoms with Gasteiger partial charge in [-0.15, -0.1) is 11.3 Å². The molecule has 2 heterocycles. The van der Waals surface area contributed by atoms with Gasteiger partial charge in [0.05, 0.1) is 16.3 Å². The number of aromatic nitrogens is 1. The molecule has 1 N–H and O–H groups in total. The Hall–Kier alpha value is -0.450. The van der Waals surface area contributed by atoms with Crippen molar-refractivity contribution in [3.63, 3.8) is 0 Å². The molecule has 1 aliphatic rings. The number of nitrogens with zero attached hydrogens (tertiary/aromatic N) is 2. The zero-order chi connectivity index (χ0) is 12.7. The standard InChI is InChI=1S/C13H22N2OS/c1-12(2,3)10-8-17-11(14-10)7-13(16)5-6-15(4)9-13/h8,16H,5-7,9H2,1-4H3. The SMILES string of the molecule is CN1CCC(O)(Cc2nc(C(C)(C)C)cs2)C1. The predicted octanol–water partition coefficient (Wildman–Crippen LogP) is 2.05. The summed E-state index contributed by atoms with van der Waals surface area (Å²) in [5.41, 5.74) is 0.665. The molecule has 3 nitrogen and oxygen atoms in total. The molecule has 1 aromatic rings. The molecule has 96 valence electrons. The summed E-state index contributed by atoms with van der Waals surface area (Å²) in [6, 6.07) is 0. The first-order valence-corrected chi connectivity index (χ1v) is 7.02. The molecule has 0 radical (unpaired) electrons. The molecule has 0 spiro atoms. The molecule has 4 heteroatoms. The predicted molar refractivity (Wildman–Crippen MR) is 71.6 cm³/mol. The van der Waals surface area contributed by atoms with E-state index in [-0.39, 0.29) is 5.41 Å². The first kappa shape index (κ1) is 13.0. The van der Waals surface area contributed by atoms with Crippen LogP contribution in [0.15, 0.2) is 5.38 Å². The first-order chi connectivity index (χ1) is 7.78. The van der Waals surface area contributed by atoms with Crippen LogP contribution in [0.5, 0.6) is 0 Å². The van der Waals surface area contributed by atoms with Crippen molar-refractivity contribution in [2.75, 3.05) is 20.1 Å². The maximum atomic E-state index is 10.5. The number of thiazole rings is 1. The monoisotopic (exact) mass is 254 g/mol. The lowest BCUT2D eigenvalue weighted by Crippen LogP contribution is -2.34. The molecule has 1 saturated heterocycles. The lowest BCUT2D eigenvalue weighted by atomic mass is 9.93. The number of hydrogen-bond acceptors (Lipinski definition) is 4.